The molecule has 0 spiro atoms. The van der Waals surface area contributed by atoms with Crippen molar-refractivity contribution in [2.45, 2.75) is 45.4 Å². The normalized spacial score (nSPS) is 17.9. The number of fused-ring (bicyclic) bond motifs is 1. The summed E-state index contributed by atoms with van der Waals surface area (Å²) in [7, 11) is -1.22. The molecule has 2 aromatic rings. The molecule has 1 unspecified atom stereocenters. The minimum atomic E-state index is -1.22. The maximum Gasteiger partial charge on any atom is 0.200 e. The predicted octanol–water partition coefficient (Wildman–Crippen LogP) is 3.77. The molecule has 1 aromatic heterocycles. The molecule has 27 heavy (non-hydrogen) atoms. The first-order valence-electron chi connectivity index (χ1n) is 9.26. The van der Waals surface area contributed by atoms with Crippen molar-refractivity contribution in [3.8, 4) is 0 Å². The number of benzene rings is 1. The first-order valence-corrected chi connectivity index (χ1v) is 11.6. The van der Waals surface area contributed by atoms with E-state index in [0.29, 0.717) is 16.9 Å². The molecule has 148 valence electrons. The van der Waals surface area contributed by atoms with Crippen LogP contribution in [0.1, 0.15) is 44.9 Å². The standard InChI is InChI=1S/C20H28N2O3S2/c1-13-10-15(14(2)21-27(24)20(3,4)5)19-16(11-13)17(23)12-18(25-19)22-6-8-26-9-7-22/h10-12,14,21H,6-9H2,1-5H3/t14-,27?/m1/s1. The second-order valence-electron chi connectivity index (χ2n) is 8.00. The van der Waals surface area contributed by atoms with E-state index in [0.717, 1.165) is 35.7 Å². The number of hydrogen-bond donors (Lipinski definition) is 1. The van der Waals surface area contributed by atoms with Crippen LogP contribution in [0.3, 0.4) is 0 Å². The summed E-state index contributed by atoms with van der Waals surface area (Å²) in [6, 6.07) is 5.28. The monoisotopic (exact) mass is 408 g/mol. The Balaban J connectivity index is 2.06. The zero-order chi connectivity index (χ0) is 19.8. The molecule has 5 nitrogen and oxygen atoms in total. The molecule has 1 aliphatic heterocycles. The summed E-state index contributed by atoms with van der Waals surface area (Å²) in [5, 5.41) is 0.579. The zero-order valence-corrected chi connectivity index (χ0v) is 18.3. The van der Waals surface area contributed by atoms with E-state index >= 15 is 0 Å². The average Bonchev–Trinajstić information content (AvgIpc) is 2.61. The summed E-state index contributed by atoms with van der Waals surface area (Å²) in [5.41, 5.74) is 2.42. The van der Waals surface area contributed by atoms with Crippen molar-refractivity contribution in [2.24, 2.45) is 0 Å². The van der Waals surface area contributed by atoms with E-state index in [2.05, 4.69) is 9.62 Å². The Labute approximate surface area is 167 Å². The number of rotatable bonds is 4. The van der Waals surface area contributed by atoms with Gasteiger partial charge in [0.1, 0.15) is 5.58 Å². The van der Waals surface area contributed by atoms with Crippen molar-refractivity contribution in [3.63, 3.8) is 0 Å². The molecule has 0 bridgehead atoms. The topological polar surface area (TPSA) is 62.6 Å². The van der Waals surface area contributed by atoms with Gasteiger partial charge >= 0.3 is 0 Å². The van der Waals surface area contributed by atoms with E-state index in [1.807, 2.05) is 58.5 Å². The molecule has 0 amide bonds. The Morgan fingerprint density at radius 3 is 2.52 bits per heavy atom. The summed E-state index contributed by atoms with van der Waals surface area (Å²) in [4.78, 5) is 14.9. The van der Waals surface area contributed by atoms with Gasteiger partial charge in [-0.15, -0.1) is 0 Å². The quantitative estimate of drug-likeness (QED) is 0.834. The Morgan fingerprint density at radius 1 is 1.22 bits per heavy atom. The highest BCUT2D eigenvalue weighted by atomic mass is 32.2. The molecule has 7 heteroatoms. The van der Waals surface area contributed by atoms with Gasteiger partial charge in [0, 0.05) is 42.3 Å². The van der Waals surface area contributed by atoms with Crippen LogP contribution < -0.4 is 15.1 Å². The van der Waals surface area contributed by atoms with Crippen LogP contribution in [-0.2, 0) is 11.0 Å². The van der Waals surface area contributed by atoms with E-state index in [-0.39, 0.29) is 16.2 Å². The fourth-order valence-electron chi connectivity index (χ4n) is 3.08. The minimum Gasteiger partial charge on any atom is -0.440 e. The molecule has 3 rings (SSSR count). The van der Waals surface area contributed by atoms with E-state index in [9.17, 15) is 9.00 Å². The van der Waals surface area contributed by atoms with Crippen LogP contribution in [-0.4, -0.2) is 33.6 Å². The maximum atomic E-state index is 12.8. The number of aryl methyl sites for hydroxylation is 1. The van der Waals surface area contributed by atoms with Gasteiger partial charge in [-0.1, -0.05) is 6.07 Å². The number of nitrogens with zero attached hydrogens (tertiary/aromatic N) is 1. The second kappa shape index (κ2) is 7.97. The highest BCUT2D eigenvalue weighted by molar-refractivity contribution is 7.99. The van der Waals surface area contributed by atoms with Crippen molar-refractivity contribution in [2.75, 3.05) is 29.5 Å². The molecule has 1 saturated heterocycles. The third-order valence-electron chi connectivity index (χ3n) is 4.62. The molecule has 0 aliphatic carbocycles. The van der Waals surface area contributed by atoms with E-state index in [1.54, 1.807) is 6.07 Å². The fourth-order valence-corrected chi connectivity index (χ4v) is 4.79. The highest BCUT2D eigenvalue weighted by Gasteiger charge is 2.24. The lowest BCUT2D eigenvalue weighted by Crippen LogP contribution is -2.35. The molecule has 1 fully saturated rings. The van der Waals surface area contributed by atoms with Crippen LogP contribution in [0.25, 0.3) is 11.0 Å². The third-order valence-corrected chi connectivity index (χ3v) is 7.24. The molecule has 1 aromatic carbocycles. The van der Waals surface area contributed by atoms with Gasteiger partial charge in [0.05, 0.1) is 21.1 Å². The Bertz CT molecular complexity index is 912. The van der Waals surface area contributed by atoms with Gasteiger partial charge in [-0.25, -0.2) is 8.93 Å². The van der Waals surface area contributed by atoms with Crippen molar-refractivity contribution in [1.29, 1.82) is 0 Å². The van der Waals surface area contributed by atoms with Gasteiger partial charge in [-0.3, -0.25) is 4.79 Å². The third kappa shape index (κ3) is 4.58. The molecule has 0 radical (unpaired) electrons. The van der Waals surface area contributed by atoms with Crippen molar-refractivity contribution in [1.82, 2.24) is 4.72 Å². The van der Waals surface area contributed by atoms with Gasteiger partial charge in [-0.2, -0.15) is 11.8 Å². The molecule has 1 aliphatic rings. The fraction of sp³-hybridized carbons (Fsp3) is 0.550. The second-order valence-corrected chi connectivity index (χ2v) is 11.2. The average molecular weight is 409 g/mol. The van der Waals surface area contributed by atoms with Gasteiger partial charge in [-0.05, 0) is 46.2 Å². The lowest BCUT2D eigenvalue weighted by molar-refractivity contribution is 0.565. The summed E-state index contributed by atoms with van der Waals surface area (Å²) in [5.74, 6) is 2.69. The number of thioether (sulfide) groups is 1. The minimum absolute atomic E-state index is 0.0291. The van der Waals surface area contributed by atoms with Crippen molar-refractivity contribution in [3.05, 3.63) is 39.5 Å². The van der Waals surface area contributed by atoms with Gasteiger partial charge in [0.15, 0.2) is 11.3 Å². The molecule has 2 atom stereocenters. The highest BCUT2D eigenvalue weighted by Crippen LogP contribution is 2.29. The van der Waals surface area contributed by atoms with Crippen LogP contribution in [0.2, 0.25) is 0 Å². The summed E-state index contributed by atoms with van der Waals surface area (Å²) < 4.78 is 21.6. The number of nitrogens with one attached hydrogen (secondary N) is 1. The largest absolute Gasteiger partial charge is 0.440 e. The van der Waals surface area contributed by atoms with E-state index in [4.69, 9.17) is 4.42 Å². The van der Waals surface area contributed by atoms with Crippen molar-refractivity contribution >= 4 is 39.6 Å². The van der Waals surface area contributed by atoms with Crippen molar-refractivity contribution < 1.29 is 8.63 Å². The van der Waals surface area contributed by atoms with E-state index < -0.39 is 11.0 Å². The Hall–Kier alpha value is -1.31. The first-order chi connectivity index (χ1) is 12.7. The lowest BCUT2D eigenvalue weighted by atomic mass is 10.0. The van der Waals surface area contributed by atoms with Gasteiger partial charge < -0.3 is 9.32 Å². The van der Waals surface area contributed by atoms with Crippen LogP contribution in [0.15, 0.2) is 27.4 Å². The number of hydrogen-bond acceptors (Lipinski definition) is 5. The molecular weight excluding hydrogens is 380 g/mol. The predicted molar refractivity (Wildman–Crippen MR) is 116 cm³/mol. The Kier molecular flexibility index (Phi) is 6.03. The molecular formula is C20H28N2O3S2. The molecule has 1 N–H and O–H groups in total. The summed E-state index contributed by atoms with van der Waals surface area (Å²) >= 11 is 1.91. The van der Waals surface area contributed by atoms with Crippen LogP contribution >= 0.6 is 11.8 Å². The molecule has 2 heterocycles. The van der Waals surface area contributed by atoms with Crippen LogP contribution in [0.4, 0.5) is 5.88 Å². The molecule has 0 saturated carbocycles. The Morgan fingerprint density at radius 2 is 1.89 bits per heavy atom. The van der Waals surface area contributed by atoms with E-state index in [1.165, 1.54) is 0 Å². The maximum absolute atomic E-state index is 12.8. The summed E-state index contributed by atoms with van der Waals surface area (Å²) in [6.07, 6.45) is 0. The van der Waals surface area contributed by atoms with Gasteiger partial charge in [0.25, 0.3) is 0 Å². The summed E-state index contributed by atoms with van der Waals surface area (Å²) in [6.45, 7) is 11.5. The van der Waals surface area contributed by atoms with Gasteiger partial charge in [0.2, 0.25) is 0 Å². The smallest absolute Gasteiger partial charge is 0.200 e. The number of anilines is 1. The zero-order valence-electron chi connectivity index (χ0n) is 16.6. The lowest BCUT2D eigenvalue weighted by Gasteiger charge is -2.27. The van der Waals surface area contributed by atoms with Crippen LogP contribution in [0, 0.1) is 6.92 Å². The van der Waals surface area contributed by atoms with Crippen LogP contribution in [0.5, 0.6) is 0 Å². The first kappa shape index (κ1) is 20.4. The SMILES string of the molecule is Cc1cc([C@@H](C)NS(=O)C(C)(C)C)c2oc(N3CCSCC3)cc(=O)c2c1.